The number of amides is 2. The summed E-state index contributed by atoms with van der Waals surface area (Å²) in [5.41, 5.74) is 0. The molecule has 0 aliphatic rings. The van der Waals surface area contributed by atoms with Gasteiger partial charge in [0.2, 0.25) is 11.8 Å². The Balaban J connectivity index is 1.97. The first-order valence-corrected chi connectivity index (χ1v) is 8.00. The van der Waals surface area contributed by atoms with Gasteiger partial charge in [-0.15, -0.1) is 11.3 Å². The lowest BCUT2D eigenvalue weighted by atomic mass is 10.1. The second kappa shape index (κ2) is 7.26. The van der Waals surface area contributed by atoms with Gasteiger partial charge in [0.05, 0.1) is 18.5 Å². The third-order valence-corrected chi connectivity index (χ3v) is 4.21. The van der Waals surface area contributed by atoms with Crippen molar-refractivity contribution in [1.82, 2.24) is 10.6 Å². The van der Waals surface area contributed by atoms with Crippen LogP contribution in [0.2, 0.25) is 0 Å². The summed E-state index contributed by atoms with van der Waals surface area (Å²) in [5, 5.41) is 7.64. The van der Waals surface area contributed by atoms with E-state index in [2.05, 4.69) is 10.6 Å². The van der Waals surface area contributed by atoms with Crippen LogP contribution in [0.3, 0.4) is 0 Å². The summed E-state index contributed by atoms with van der Waals surface area (Å²) in [7, 11) is 0. The van der Waals surface area contributed by atoms with Crippen molar-refractivity contribution in [2.75, 3.05) is 0 Å². The molecule has 2 atom stereocenters. The fraction of sp³-hybridized carbons (Fsp3) is 0.375. The minimum absolute atomic E-state index is 0.131. The van der Waals surface area contributed by atoms with Crippen LogP contribution in [0.25, 0.3) is 0 Å². The molecule has 0 aliphatic carbocycles. The molecule has 0 unspecified atom stereocenters. The van der Waals surface area contributed by atoms with Gasteiger partial charge >= 0.3 is 0 Å². The molecule has 2 rings (SSSR count). The molecule has 2 aromatic heterocycles. The smallest absolute Gasteiger partial charge is 0.223 e. The van der Waals surface area contributed by atoms with Gasteiger partial charge in [-0.2, -0.15) is 0 Å². The molecule has 0 saturated carbocycles. The normalized spacial score (nSPS) is 13.4. The van der Waals surface area contributed by atoms with Gasteiger partial charge in [-0.1, -0.05) is 6.07 Å². The standard InChI is InChI=1S/C16H20N2O3S/c1-10-6-7-14(21-10)11(2)17-16(20)9-13(18-12(3)19)15-5-4-8-22-15/h4-8,11,13H,9H2,1-3H3,(H,17,20)(H,18,19)/t11-,13+/m1/s1. The molecule has 0 aromatic carbocycles. The van der Waals surface area contributed by atoms with Gasteiger partial charge in [-0.05, 0) is 37.4 Å². The van der Waals surface area contributed by atoms with Crippen LogP contribution in [0.5, 0.6) is 0 Å². The molecule has 2 amide bonds. The SMILES string of the molecule is CC(=O)N[C@@H](CC(=O)N[C@H](C)c1ccc(C)o1)c1cccs1. The number of hydrogen-bond donors (Lipinski definition) is 2. The molecule has 118 valence electrons. The van der Waals surface area contributed by atoms with E-state index in [-0.39, 0.29) is 30.3 Å². The van der Waals surface area contributed by atoms with Crippen molar-refractivity contribution in [3.63, 3.8) is 0 Å². The number of carbonyl (C=O) groups excluding carboxylic acids is 2. The Bertz CT molecular complexity index is 634. The summed E-state index contributed by atoms with van der Waals surface area (Å²) in [6.45, 7) is 5.18. The Morgan fingerprint density at radius 1 is 1.27 bits per heavy atom. The molecule has 2 heterocycles. The zero-order valence-corrected chi connectivity index (χ0v) is 13.7. The number of hydrogen-bond acceptors (Lipinski definition) is 4. The van der Waals surface area contributed by atoms with Crippen molar-refractivity contribution in [3.05, 3.63) is 46.0 Å². The second-order valence-corrected chi connectivity index (χ2v) is 6.19. The van der Waals surface area contributed by atoms with Crippen molar-refractivity contribution in [2.45, 2.75) is 39.3 Å². The molecule has 0 spiro atoms. The Hall–Kier alpha value is -2.08. The number of thiophene rings is 1. The minimum Gasteiger partial charge on any atom is -0.464 e. The fourth-order valence-corrected chi connectivity index (χ4v) is 2.98. The number of furan rings is 1. The highest BCUT2D eigenvalue weighted by molar-refractivity contribution is 7.10. The summed E-state index contributed by atoms with van der Waals surface area (Å²) < 4.78 is 5.51. The lowest BCUT2D eigenvalue weighted by molar-refractivity contribution is -0.123. The first-order chi connectivity index (χ1) is 10.5. The van der Waals surface area contributed by atoms with Crippen LogP contribution in [0.15, 0.2) is 34.1 Å². The van der Waals surface area contributed by atoms with E-state index in [0.29, 0.717) is 0 Å². The molecule has 0 bridgehead atoms. The van der Waals surface area contributed by atoms with Gasteiger partial charge in [0, 0.05) is 11.8 Å². The maximum Gasteiger partial charge on any atom is 0.223 e. The lowest BCUT2D eigenvalue weighted by Gasteiger charge is -2.18. The third kappa shape index (κ3) is 4.46. The van der Waals surface area contributed by atoms with Crippen LogP contribution in [-0.2, 0) is 9.59 Å². The zero-order valence-electron chi connectivity index (χ0n) is 12.9. The Kier molecular flexibility index (Phi) is 5.38. The lowest BCUT2D eigenvalue weighted by Crippen LogP contribution is -2.33. The highest BCUT2D eigenvalue weighted by Crippen LogP contribution is 2.23. The molecular formula is C16H20N2O3S. The van der Waals surface area contributed by atoms with E-state index in [0.717, 1.165) is 16.4 Å². The monoisotopic (exact) mass is 320 g/mol. The van der Waals surface area contributed by atoms with Crippen LogP contribution >= 0.6 is 11.3 Å². The van der Waals surface area contributed by atoms with Crippen molar-refractivity contribution in [1.29, 1.82) is 0 Å². The maximum atomic E-state index is 12.2. The molecule has 2 N–H and O–H groups in total. The molecule has 0 aliphatic heterocycles. The molecule has 6 heteroatoms. The van der Waals surface area contributed by atoms with E-state index in [4.69, 9.17) is 4.42 Å². The highest BCUT2D eigenvalue weighted by Gasteiger charge is 2.20. The molecule has 5 nitrogen and oxygen atoms in total. The van der Waals surface area contributed by atoms with E-state index < -0.39 is 0 Å². The van der Waals surface area contributed by atoms with Crippen molar-refractivity contribution < 1.29 is 14.0 Å². The average Bonchev–Trinajstić information content (AvgIpc) is 3.08. The van der Waals surface area contributed by atoms with Crippen LogP contribution < -0.4 is 10.6 Å². The van der Waals surface area contributed by atoms with Gasteiger partial charge in [0.15, 0.2) is 0 Å². The molecule has 2 aromatic rings. The van der Waals surface area contributed by atoms with E-state index in [1.165, 1.54) is 18.3 Å². The fourth-order valence-electron chi connectivity index (χ4n) is 2.20. The van der Waals surface area contributed by atoms with Gasteiger partial charge < -0.3 is 15.1 Å². The van der Waals surface area contributed by atoms with Crippen LogP contribution in [-0.4, -0.2) is 11.8 Å². The summed E-state index contributed by atoms with van der Waals surface area (Å²) in [6, 6.07) is 7.03. The van der Waals surface area contributed by atoms with Crippen molar-refractivity contribution in [3.8, 4) is 0 Å². The number of aryl methyl sites for hydroxylation is 1. The zero-order chi connectivity index (χ0) is 16.1. The van der Waals surface area contributed by atoms with E-state index in [1.54, 1.807) is 0 Å². The van der Waals surface area contributed by atoms with Crippen LogP contribution in [0.4, 0.5) is 0 Å². The Morgan fingerprint density at radius 2 is 2.05 bits per heavy atom. The second-order valence-electron chi connectivity index (χ2n) is 5.21. The topological polar surface area (TPSA) is 71.3 Å². The van der Waals surface area contributed by atoms with E-state index in [1.807, 2.05) is 43.5 Å². The molecular weight excluding hydrogens is 300 g/mol. The van der Waals surface area contributed by atoms with Gasteiger partial charge in [0.25, 0.3) is 0 Å². The first-order valence-electron chi connectivity index (χ1n) is 7.12. The van der Waals surface area contributed by atoms with Gasteiger partial charge in [0.1, 0.15) is 11.5 Å². The summed E-state index contributed by atoms with van der Waals surface area (Å²) >= 11 is 1.52. The van der Waals surface area contributed by atoms with Crippen molar-refractivity contribution >= 4 is 23.2 Å². The summed E-state index contributed by atoms with van der Waals surface area (Å²) in [5.74, 6) is 1.25. The molecule has 0 radical (unpaired) electrons. The van der Waals surface area contributed by atoms with E-state index in [9.17, 15) is 9.59 Å². The van der Waals surface area contributed by atoms with Crippen LogP contribution in [0.1, 0.15) is 48.7 Å². The Morgan fingerprint density at radius 3 is 2.59 bits per heavy atom. The summed E-state index contributed by atoms with van der Waals surface area (Å²) in [4.78, 5) is 24.5. The maximum absolute atomic E-state index is 12.2. The quantitative estimate of drug-likeness (QED) is 0.859. The molecule has 22 heavy (non-hydrogen) atoms. The van der Waals surface area contributed by atoms with Crippen molar-refractivity contribution in [2.24, 2.45) is 0 Å². The van der Waals surface area contributed by atoms with E-state index >= 15 is 0 Å². The van der Waals surface area contributed by atoms with Gasteiger partial charge in [-0.3, -0.25) is 9.59 Å². The molecule has 0 fully saturated rings. The minimum atomic E-state index is -0.303. The number of nitrogens with one attached hydrogen (secondary N) is 2. The molecule has 0 saturated heterocycles. The van der Waals surface area contributed by atoms with Crippen LogP contribution in [0, 0.1) is 6.92 Å². The Labute approximate surface area is 133 Å². The third-order valence-electron chi connectivity index (χ3n) is 3.22. The largest absolute Gasteiger partial charge is 0.464 e. The summed E-state index contributed by atoms with van der Waals surface area (Å²) in [6.07, 6.45) is 0.199. The average molecular weight is 320 g/mol. The predicted octanol–water partition coefficient (Wildman–Crippen LogP) is 3.09. The first kappa shape index (κ1) is 16.3. The highest BCUT2D eigenvalue weighted by atomic mass is 32.1. The predicted molar refractivity (Wildman–Crippen MR) is 85.5 cm³/mol. The number of carbonyl (C=O) groups is 2. The number of rotatable bonds is 6. The van der Waals surface area contributed by atoms with Gasteiger partial charge in [-0.25, -0.2) is 0 Å².